The summed E-state index contributed by atoms with van der Waals surface area (Å²) in [6, 6.07) is 5.64. The molecule has 2 rings (SSSR count). The summed E-state index contributed by atoms with van der Waals surface area (Å²) >= 11 is 1.20. The molecule has 0 saturated heterocycles. The van der Waals surface area contributed by atoms with Gasteiger partial charge in [0.1, 0.15) is 11.3 Å². The van der Waals surface area contributed by atoms with Gasteiger partial charge in [-0.25, -0.2) is 0 Å². The molecule has 13 heavy (non-hydrogen) atoms. The average molecular weight is 195 g/mol. The monoisotopic (exact) mass is 195 g/mol. The van der Waals surface area contributed by atoms with Crippen LogP contribution in [0.1, 0.15) is 6.92 Å². The van der Waals surface area contributed by atoms with Crippen LogP contribution in [0.15, 0.2) is 23.0 Å². The minimum Gasteiger partial charge on any atom is -0.492 e. The highest BCUT2D eigenvalue weighted by atomic mass is 32.1. The molecule has 3 nitrogen and oxygen atoms in total. The molecule has 1 heterocycles. The number of aromatic amines is 1. The second-order valence-electron chi connectivity index (χ2n) is 2.58. The maximum atomic E-state index is 11.1. The Morgan fingerprint density at radius 1 is 1.54 bits per heavy atom. The van der Waals surface area contributed by atoms with Gasteiger partial charge in [-0.2, -0.15) is 0 Å². The molecule has 0 saturated carbocycles. The fourth-order valence-electron chi connectivity index (χ4n) is 1.22. The molecule has 2 aromatic rings. The molecule has 0 unspecified atom stereocenters. The van der Waals surface area contributed by atoms with Crippen molar-refractivity contribution in [1.29, 1.82) is 0 Å². The van der Waals surface area contributed by atoms with E-state index in [0.29, 0.717) is 6.61 Å². The number of para-hydroxylation sites is 1. The first kappa shape index (κ1) is 8.31. The number of fused-ring (bicyclic) bond motifs is 1. The number of benzene rings is 1. The standard InChI is InChI=1S/C9H9NO2S/c1-2-12-6-4-3-5-7-8(6)10-9(11)13-7/h3-5H,2H2,1H3,(H,10,11). The zero-order valence-corrected chi connectivity index (χ0v) is 7.98. The summed E-state index contributed by atoms with van der Waals surface area (Å²) in [5.41, 5.74) is 0.805. The van der Waals surface area contributed by atoms with Crippen molar-refractivity contribution in [1.82, 2.24) is 4.98 Å². The van der Waals surface area contributed by atoms with Crippen molar-refractivity contribution < 1.29 is 4.74 Å². The van der Waals surface area contributed by atoms with Crippen LogP contribution in [0, 0.1) is 0 Å². The van der Waals surface area contributed by atoms with Crippen LogP contribution in [-0.4, -0.2) is 11.6 Å². The van der Waals surface area contributed by atoms with Gasteiger partial charge in [0.15, 0.2) is 0 Å². The Balaban J connectivity index is 2.67. The van der Waals surface area contributed by atoms with Crippen molar-refractivity contribution in [3.05, 3.63) is 27.9 Å². The van der Waals surface area contributed by atoms with Crippen LogP contribution in [0.2, 0.25) is 0 Å². The summed E-state index contributed by atoms with van der Waals surface area (Å²) in [6.45, 7) is 2.53. The topological polar surface area (TPSA) is 42.1 Å². The fraction of sp³-hybridized carbons (Fsp3) is 0.222. The van der Waals surface area contributed by atoms with E-state index < -0.39 is 0 Å². The van der Waals surface area contributed by atoms with Gasteiger partial charge in [-0.05, 0) is 19.1 Å². The van der Waals surface area contributed by atoms with Gasteiger partial charge in [0.25, 0.3) is 0 Å². The van der Waals surface area contributed by atoms with Crippen LogP contribution in [0.3, 0.4) is 0 Å². The molecular formula is C9H9NO2S. The lowest BCUT2D eigenvalue weighted by Gasteiger charge is -2.02. The maximum Gasteiger partial charge on any atom is 0.305 e. The molecule has 0 aliphatic heterocycles. The Hall–Kier alpha value is -1.29. The smallest absolute Gasteiger partial charge is 0.305 e. The molecule has 0 aliphatic rings. The van der Waals surface area contributed by atoms with Gasteiger partial charge in [0.05, 0.1) is 11.3 Å². The van der Waals surface area contributed by atoms with E-state index in [-0.39, 0.29) is 4.87 Å². The number of ether oxygens (including phenoxy) is 1. The number of nitrogens with one attached hydrogen (secondary N) is 1. The largest absolute Gasteiger partial charge is 0.492 e. The van der Waals surface area contributed by atoms with Crippen molar-refractivity contribution >= 4 is 21.6 Å². The molecule has 0 fully saturated rings. The number of H-pyrrole nitrogens is 1. The van der Waals surface area contributed by atoms with Gasteiger partial charge in [-0.1, -0.05) is 17.4 Å². The normalized spacial score (nSPS) is 10.5. The quantitative estimate of drug-likeness (QED) is 0.796. The van der Waals surface area contributed by atoms with Gasteiger partial charge >= 0.3 is 4.87 Å². The SMILES string of the molecule is CCOc1cccc2sc(=O)[nH]c12. The summed E-state index contributed by atoms with van der Waals surface area (Å²) < 4.78 is 6.31. The highest BCUT2D eigenvalue weighted by Crippen LogP contribution is 2.24. The molecule has 0 amide bonds. The van der Waals surface area contributed by atoms with Crippen LogP contribution >= 0.6 is 11.3 Å². The van der Waals surface area contributed by atoms with Gasteiger partial charge in [-0.15, -0.1) is 0 Å². The highest BCUT2D eigenvalue weighted by molar-refractivity contribution is 7.16. The van der Waals surface area contributed by atoms with Crippen molar-refractivity contribution in [2.24, 2.45) is 0 Å². The lowest BCUT2D eigenvalue weighted by Crippen LogP contribution is -1.94. The van der Waals surface area contributed by atoms with E-state index >= 15 is 0 Å². The van der Waals surface area contributed by atoms with E-state index in [2.05, 4.69) is 4.98 Å². The highest BCUT2D eigenvalue weighted by Gasteiger charge is 2.04. The zero-order chi connectivity index (χ0) is 9.26. The van der Waals surface area contributed by atoms with E-state index in [4.69, 9.17) is 4.74 Å². The first-order chi connectivity index (χ1) is 6.31. The number of aromatic nitrogens is 1. The molecule has 0 radical (unpaired) electrons. The predicted molar refractivity (Wildman–Crippen MR) is 53.6 cm³/mol. The number of hydrogen-bond donors (Lipinski definition) is 1. The fourth-order valence-corrected chi connectivity index (χ4v) is 1.98. The van der Waals surface area contributed by atoms with Crippen LogP contribution < -0.4 is 9.61 Å². The third-order valence-corrected chi connectivity index (χ3v) is 2.57. The lowest BCUT2D eigenvalue weighted by molar-refractivity contribution is 0.343. The second-order valence-corrected chi connectivity index (χ2v) is 3.59. The van der Waals surface area contributed by atoms with E-state index in [1.54, 1.807) is 0 Å². The minimum atomic E-state index is -0.0397. The van der Waals surface area contributed by atoms with Crippen LogP contribution in [0.25, 0.3) is 10.2 Å². The Morgan fingerprint density at radius 3 is 3.15 bits per heavy atom. The molecule has 0 spiro atoms. The third kappa shape index (κ3) is 1.45. The van der Waals surface area contributed by atoms with E-state index in [1.165, 1.54) is 11.3 Å². The summed E-state index contributed by atoms with van der Waals surface area (Å²) in [6.07, 6.45) is 0. The molecule has 1 aromatic heterocycles. The zero-order valence-electron chi connectivity index (χ0n) is 7.16. The summed E-state index contributed by atoms with van der Waals surface area (Å²) in [5, 5.41) is 0. The lowest BCUT2D eigenvalue weighted by atomic mass is 10.3. The first-order valence-corrected chi connectivity index (χ1v) is 4.87. The molecule has 1 N–H and O–H groups in total. The van der Waals surface area contributed by atoms with Gasteiger partial charge in [0.2, 0.25) is 0 Å². The average Bonchev–Trinajstić information content (AvgIpc) is 2.47. The van der Waals surface area contributed by atoms with Gasteiger partial charge in [0, 0.05) is 0 Å². The van der Waals surface area contributed by atoms with Crippen LogP contribution in [-0.2, 0) is 0 Å². The molecule has 68 valence electrons. The van der Waals surface area contributed by atoms with Crippen LogP contribution in [0.5, 0.6) is 5.75 Å². The Kier molecular flexibility index (Phi) is 2.06. The Bertz CT molecular complexity index is 472. The van der Waals surface area contributed by atoms with Crippen molar-refractivity contribution in [3.63, 3.8) is 0 Å². The van der Waals surface area contributed by atoms with E-state index in [9.17, 15) is 4.79 Å². The summed E-state index contributed by atoms with van der Waals surface area (Å²) in [4.78, 5) is 13.8. The molecule has 0 atom stereocenters. The molecule has 0 bridgehead atoms. The van der Waals surface area contributed by atoms with Gasteiger partial charge in [-0.3, -0.25) is 4.79 Å². The van der Waals surface area contributed by atoms with E-state index in [1.807, 2.05) is 25.1 Å². The van der Waals surface area contributed by atoms with Crippen molar-refractivity contribution in [3.8, 4) is 5.75 Å². The number of rotatable bonds is 2. The predicted octanol–water partition coefficient (Wildman–Crippen LogP) is 1.99. The molecule has 0 aliphatic carbocycles. The Morgan fingerprint density at radius 2 is 2.38 bits per heavy atom. The van der Waals surface area contributed by atoms with Crippen molar-refractivity contribution in [2.75, 3.05) is 6.61 Å². The Labute approximate surface area is 79.0 Å². The van der Waals surface area contributed by atoms with Crippen LogP contribution in [0.4, 0.5) is 0 Å². The van der Waals surface area contributed by atoms with E-state index in [0.717, 1.165) is 16.0 Å². The number of hydrogen-bond acceptors (Lipinski definition) is 3. The summed E-state index contributed by atoms with van der Waals surface area (Å²) in [7, 11) is 0. The van der Waals surface area contributed by atoms with Gasteiger partial charge < -0.3 is 9.72 Å². The molecular weight excluding hydrogens is 186 g/mol. The summed E-state index contributed by atoms with van der Waals surface area (Å²) in [5.74, 6) is 0.748. The second kappa shape index (κ2) is 3.22. The molecule has 4 heteroatoms. The van der Waals surface area contributed by atoms with Crippen molar-refractivity contribution in [2.45, 2.75) is 6.92 Å². The maximum absolute atomic E-state index is 11.1. The number of thiazole rings is 1. The first-order valence-electron chi connectivity index (χ1n) is 4.06. The minimum absolute atomic E-state index is 0.0397. The molecule has 1 aromatic carbocycles. The third-order valence-electron chi connectivity index (χ3n) is 1.72.